The second kappa shape index (κ2) is 21.6. The van der Waals surface area contributed by atoms with Crippen molar-refractivity contribution in [3.05, 3.63) is 158 Å². The number of hydrogen-bond donors (Lipinski definition) is 0. The number of esters is 2. The number of carbonyl (C=O) groups excluding carboxylic acids is 4. The first-order chi connectivity index (χ1) is 29.6. The highest BCUT2D eigenvalue weighted by Crippen LogP contribution is 2.28. The van der Waals surface area contributed by atoms with E-state index in [-0.39, 0.29) is 62.9 Å². The summed E-state index contributed by atoms with van der Waals surface area (Å²) in [6.07, 6.45) is -0.817. The Hall–Kier alpha value is -6.16. The van der Waals surface area contributed by atoms with Crippen LogP contribution in [0.1, 0.15) is 44.3 Å². The minimum absolute atomic E-state index is 0.0300. The molecule has 3 amide bonds. The zero-order valence-electron chi connectivity index (χ0n) is 34.1. The van der Waals surface area contributed by atoms with E-state index in [0.29, 0.717) is 18.8 Å². The molecule has 0 aromatic heterocycles. The minimum atomic E-state index is -0.817. The highest BCUT2D eigenvalue weighted by Gasteiger charge is 2.28. The van der Waals surface area contributed by atoms with E-state index in [1.807, 2.05) is 6.92 Å². The third kappa shape index (κ3) is 12.0. The van der Waals surface area contributed by atoms with Gasteiger partial charge in [0.25, 0.3) is 0 Å². The standard InChI is InChI=1S/C23H18ClF2NO4.C22H24ClF2N3O3/c1-14-3-8-18(9-4-14)31-23(29)27(17-7-10-20(25)19(24)12-17)13-16-6-5-15(11-21(16)26)22(28)30-2;1-3-26-8-10-27(11-9-26)22(30)28(17-6-7-19(24)18(23)13-17)14-16-5-4-15(12-20(16)25)21(29)31-2/h3-12H,13H2,1-2H3;4-7,12-13H,3,8-11,14H2,1-2H3. The van der Waals surface area contributed by atoms with Crippen molar-refractivity contribution < 1.29 is 51.0 Å². The van der Waals surface area contributed by atoms with Crippen LogP contribution >= 0.6 is 23.2 Å². The fraction of sp³-hybridized carbons (Fsp3) is 0.244. The largest absolute Gasteiger partial charge is 0.465 e. The molecule has 1 heterocycles. The molecule has 1 fully saturated rings. The smallest absolute Gasteiger partial charge is 0.420 e. The van der Waals surface area contributed by atoms with Gasteiger partial charge in [0.15, 0.2) is 0 Å². The summed E-state index contributed by atoms with van der Waals surface area (Å²) in [6, 6.07) is 21.8. The SMILES string of the molecule is CCN1CCN(C(=O)N(Cc2ccc(C(=O)OC)cc2F)c2ccc(F)c(Cl)c2)CC1.COC(=O)c1ccc(CN(C(=O)Oc2ccc(C)cc2)c2ccc(F)c(Cl)c2)c(F)c1. The molecule has 0 unspecified atom stereocenters. The molecule has 5 aromatic rings. The van der Waals surface area contributed by atoms with Gasteiger partial charge in [-0.3, -0.25) is 9.80 Å². The first-order valence-electron chi connectivity index (χ1n) is 19.1. The number of amides is 3. The number of methoxy groups -OCH3 is 2. The van der Waals surface area contributed by atoms with Gasteiger partial charge in [0, 0.05) is 48.7 Å². The Morgan fingerprint density at radius 3 is 1.52 bits per heavy atom. The van der Waals surface area contributed by atoms with Crippen molar-refractivity contribution >= 4 is 58.6 Å². The van der Waals surface area contributed by atoms with Crippen LogP contribution < -0.4 is 14.5 Å². The summed E-state index contributed by atoms with van der Waals surface area (Å²) in [5.41, 5.74) is 1.95. The number of carbonyl (C=O) groups is 4. The number of benzene rings is 5. The second-order valence-corrected chi connectivity index (χ2v) is 14.7. The van der Waals surface area contributed by atoms with Crippen LogP contribution in [-0.2, 0) is 22.6 Å². The number of rotatable bonds is 10. The van der Waals surface area contributed by atoms with Gasteiger partial charge in [0.05, 0.1) is 48.5 Å². The van der Waals surface area contributed by atoms with Crippen LogP contribution in [-0.4, -0.2) is 80.8 Å². The Labute approximate surface area is 365 Å². The quantitative estimate of drug-likeness (QED) is 0.101. The lowest BCUT2D eigenvalue weighted by atomic mass is 10.1. The van der Waals surface area contributed by atoms with E-state index in [1.165, 1.54) is 73.7 Å². The Morgan fingerprint density at radius 2 is 1.08 bits per heavy atom. The van der Waals surface area contributed by atoms with Gasteiger partial charge in [-0.15, -0.1) is 0 Å². The van der Waals surface area contributed by atoms with E-state index in [1.54, 1.807) is 29.2 Å². The third-order valence-electron chi connectivity index (χ3n) is 9.80. The molecule has 1 aliphatic heterocycles. The van der Waals surface area contributed by atoms with Gasteiger partial charge in [-0.05, 0) is 86.3 Å². The van der Waals surface area contributed by atoms with Crippen molar-refractivity contribution in [1.82, 2.24) is 9.80 Å². The van der Waals surface area contributed by atoms with Gasteiger partial charge in [0.1, 0.15) is 29.0 Å². The van der Waals surface area contributed by atoms with Crippen LogP contribution in [0.3, 0.4) is 0 Å². The van der Waals surface area contributed by atoms with Crippen molar-refractivity contribution in [2.24, 2.45) is 0 Å². The van der Waals surface area contributed by atoms with Crippen LogP contribution in [0.5, 0.6) is 5.75 Å². The average Bonchev–Trinajstić information content (AvgIpc) is 3.27. The predicted molar refractivity (Wildman–Crippen MR) is 227 cm³/mol. The number of ether oxygens (including phenoxy) is 3. The normalized spacial score (nSPS) is 12.5. The fourth-order valence-electron chi connectivity index (χ4n) is 6.21. The number of halogens is 6. The Balaban J connectivity index is 0.000000234. The molecule has 0 spiro atoms. The summed E-state index contributed by atoms with van der Waals surface area (Å²) in [5.74, 6) is -3.69. The molecule has 5 aromatic carbocycles. The third-order valence-corrected chi connectivity index (χ3v) is 10.4. The summed E-state index contributed by atoms with van der Waals surface area (Å²) in [5, 5.41) is -0.334. The average molecular weight is 898 g/mol. The van der Waals surface area contributed by atoms with E-state index < -0.39 is 41.3 Å². The second-order valence-electron chi connectivity index (χ2n) is 13.8. The van der Waals surface area contributed by atoms with Crippen molar-refractivity contribution in [1.29, 1.82) is 0 Å². The van der Waals surface area contributed by atoms with Crippen LogP contribution in [0.2, 0.25) is 10.0 Å². The van der Waals surface area contributed by atoms with Gasteiger partial charge in [-0.1, -0.05) is 60.0 Å². The number of anilines is 2. The van der Waals surface area contributed by atoms with E-state index in [2.05, 4.69) is 21.3 Å². The van der Waals surface area contributed by atoms with Crippen molar-refractivity contribution in [3.63, 3.8) is 0 Å². The number of likely N-dealkylation sites (N-methyl/N-ethyl adjacent to an activating group) is 1. The Bertz CT molecular complexity index is 2420. The van der Waals surface area contributed by atoms with E-state index >= 15 is 0 Å². The summed E-state index contributed by atoms with van der Waals surface area (Å²) >= 11 is 11.8. The van der Waals surface area contributed by atoms with Crippen molar-refractivity contribution in [2.75, 3.05) is 56.7 Å². The number of nitrogens with zero attached hydrogens (tertiary/aromatic N) is 4. The summed E-state index contributed by atoms with van der Waals surface area (Å²) < 4.78 is 71.2. The topological polar surface area (TPSA) is 109 Å². The predicted octanol–water partition coefficient (Wildman–Crippen LogP) is 10.1. The Morgan fingerprint density at radius 1 is 0.613 bits per heavy atom. The molecular formula is C45H42Cl2F4N4O7. The highest BCUT2D eigenvalue weighted by atomic mass is 35.5. The maximum Gasteiger partial charge on any atom is 0.420 e. The van der Waals surface area contributed by atoms with Crippen LogP contribution in [0.25, 0.3) is 0 Å². The lowest BCUT2D eigenvalue weighted by Crippen LogP contribution is -2.52. The molecule has 17 heteroatoms. The zero-order valence-corrected chi connectivity index (χ0v) is 35.6. The van der Waals surface area contributed by atoms with Crippen LogP contribution in [0.4, 0.5) is 38.5 Å². The number of aryl methyl sites for hydroxylation is 1. The summed E-state index contributed by atoms with van der Waals surface area (Å²) in [6.45, 7) is 7.03. The fourth-order valence-corrected chi connectivity index (χ4v) is 6.56. The van der Waals surface area contributed by atoms with Gasteiger partial charge in [0.2, 0.25) is 0 Å². The molecule has 6 rings (SSSR count). The molecule has 1 aliphatic rings. The maximum atomic E-state index is 14.7. The zero-order chi connectivity index (χ0) is 45.1. The monoisotopic (exact) mass is 896 g/mol. The van der Waals surface area contributed by atoms with E-state index in [9.17, 15) is 36.7 Å². The first-order valence-corrected chi connectivity index (χ1v) is 19.9. The van der Waals surface area contributed by atoms with E-state index in [0.717, 1.165) is 48.3 Å². The van der Waals surface area contributed by atoms with E-state index in [4.69, 9.17) is 27.9 Å². The van der Waals surface area contributed by atoms with Crippen LogP contribution in [0.15, 0.2) is 97.1 Å². The molecular weight excluding hydrogens is 855 g/mol. The summed E-state index contributed by atoms with van der Waals surface area (Å²) in [4.78, 5) is 55.9. The molecule has 0 atom stereocenters. The molecule has 62 heavy (non-hydrogen) atoms. The molecule has 0 aliphatic carbocycles. The number of hydrogen-bond acceptors (Lipinski definition) is 8. The Kier molecular flexibility index (Phi) is 16.3. The highest BCUT2D eigenvalue weighted by molar-refractivity contribution is 6.31. The summed E-state index contributed by atoms with van der Waals surface area (Å²) in [7, 11) is 2.40. The van der Waals surface area contributed by atoms with Gasteiger partial charge in [-0.25, -0.2) is 36.7 Å². The molecule has 0 bridgehead atoms. The molecule has 11 nitrogen and oxygen atoms in total. The van der Waals surface area contributed by atoms with Gasteiger partial charge >= 0.3 is 24.1 Å². The molecule has 326 valence electrons. The number of piperazine rings is 1. The molecule has 0 radical (unpaired) electrons. The van der Waals surface area contributed by atoms with Crippen LogP contribution in [0, 0.1) is 30.2 Å². The van der Waals surface area contributed by atoms with Gasteiger partial charge in [-0.2, -0.15) is 0 Å². The molecule has 0 saturated carbocycles. The number of urea groups is 1. The maximum absolute atomic E-state index is 14.7. The molecule has 0 N–H and O–H groups in total. The van der Waals surface area contributed by atoms with Crippen molar-refractivity contribution in [3.8, 4) is 5.75 Å². The first kappa shape index (κ1) is 46.9. The minimum Gasteiger partial charge on any atom is -0.465 e. The molecule has 1 saturated heterocycles. The lowest BCUT2D eigenvalue weighted by molar-refractivity contribution is 0.0591. The van der Waals surface area contributed by atoms with Crippen molar-refractivity contribution in [2.45, 2.75) is 26.9 Å². The lowest BCUT2D eigenvalue weighted by Gasteiger charge is -2.37. The van der Waals surface area contributed by atoms with Gasteiger partial charge < -0.3 is 24.0 Å².